The molecule has 1 aliphatic rings. The van der Waals surface area contributed by atoms with Gasteiger partial charge in [-0.25, -0.2) is 4.98 Å². The minimum atomic E-state index is -0.232. The van der Waals surface area contributed by atoms with Crippen LogP contribution < -0.4 is 5.32 Å². The van der Waals surface area contributed by atoms with E-state index in [1.165, 1.54) is 44.3 Å². The lowest BCUT2D eigenvalue weighted by Crippen LogP contribution is -2.31. The molecule has 2 aromatic carbocycles. The van der Waals surface area contributed by atoms with Gasteiger partial charge in [0.05, 0.1) is 21.7 Å². The van der Waals surface area contributed by atoms with E-state index in [1.54, 1.807) is 6.07 Å². The van der Waals surface area contributed by atoms with Crippen molar-refractivity contribution in [2.45, 2.75) is 11.6 Å². The van der Waals surface area contributed by atoms with Crippen LogP contribution in [0.15, 0.2) is 80.6 Å². The predicted molar refractivity (Wildman–Crippen MR) is 163 cm³/mol. The number of thiophene rings is 1. The second-order valence-corrected chi connectivity index (χ2v) is 12.6. The number of thioether (sulfide) groups is 2. The van der Waals surface area contributed by atoms with Gasteiger partial charge in [-0.15, -0.1) is 11.3 Å². The third-order valence-electron chi connectivity index (χ3n) is 5.46. The highest BCUT2D eigenvalue weighted by Gasteiger charge is 2.32. The van der Waals surface area contributed by atoms with Crippen LogP contribution in [0.4, 0.5) is 5.69 Å². The van der Waals surface area contributed by atoms with Gasteiger partial charge >= 0.3 is 0 Å². The molecule has 0 aliphatic carbocycles. The average molecular weight is 644 g/mol. The number of rotatable bonds is 8. The lowest BCUT2D eigenvalue weighted by molar-refractivity contribution is -0.122. The van der Waals surface area contributed by atoms with Crippen molar-refractivity contribution in [3.05, 3.63) is 80.3 Å². The quantitative estimate of drug-likeness (QED) is 0.133. The lowest BCUT2D eigenvalue weighted by atomic mass is 10.3. The molecule has 12 heteroatoms. The Balaban J connectivity index is 1.28. The third kappa shape index (κ3) is 6.10. The number of hydrogen-bond acceptors (Lipinski definition) is 8. The minimum Gasteiger partial charge on any atom is -0.325 e. The smallest absolute Gasteiger partial charge is 0.266 e. The Morgan fingerprint density at radius 3 is 2.76 bits per heavy atom. The van der Waals surface area contributed by atoms with Gasteiger partial charge in [0.2, 0.25) is 11.8 Å². The number of carbonyl (C=O) groups is 3. The molecule has 7 nitrogen and oxygen atoms in total. The van der Waals surface area contributed by atoms with E-state index in [4.69, 9.17) is 12.2 Å². The number of nitrogens with one attached hydrogen (secondary N) is 1. The largest absolute Gasteiger partial charge is 0.325 e. The maximum absolute atomic E-state index is 13.4. The molecule has 3 heterocycles. The van der Waals surface area contributed by atoms with Gasteiger partial charge in [-0.2, -0.15) is 0 Å². The fourth-order valence-corrected chi connectivity index (χ4v) is 7.00. The SMILES string of the molecule is O=C(CSc1nc2ccccc2n1C(=O)CCN1C(=O)/C(=C/c2cccs2)SC1=S)Nc1cccc(Br)c1. The summed E-state index contributed by atoms with van der Waals surface area (Å²) < 4.78 is 2.81. The summed E-state index contributed by atoms with van der Waals surface area (Å²) in [6.45, 7) is 0.158. The summed E-state index contributed by atoms with van der Waals surface area (Å²) in [5.41, 5.74) is 1.97. The lowest BCUT2D eigenvalue weighted by Gasteiger charge is -2.14. The van der Waals surface area contributed by atoms with E-state index in [0.717, 1.165) is 9.35 Å². The van der Waals surface area contributed by atoms with E-state index >= 15 is 0 Å². The van der Waals surface area contributed by atoms with Crippen LogP contribution in [0.1, 0.15) is 16.1 Å². The summed E-state index contributed by atoms with van der Waals surface area (Å²) in [4.78, 5) is 46.5. The Bertz CT molecular complexity index is 1580. The summed E-state index contributed by atoms with van der Waals surface area (Å²) >= 11 is 12.8. The average Bonchev–Trinajstić information content (AvgIpc) is 3.60. The first-order valence-electron chi connectivity index (χ1n) is 11.4. The van der Waals surface area contributed by atoms with Crippen LogP contribution >= 0.6 is 63.0 Å². The number of nitrogens with zero attached hydrogens (tertiary/aromatic N) is 3. The fraction of sp³-hybridized carbons (Fsp3) is 0.115. The highest BCUT2D eigenvalue weighted by molar-refractivity contribution is 9.10. The summed E-state index contributed by atoms with van der Waals surface area (Å²) in [5, 5.41) is 5.22. The molecule has 1 aliphatic heterocycles. The standard InChI is InChI=1S/C26H19BrN4O3S4/c27-16-5-3-6-17(13-16)28-22(32)15-37-25-29-19-8-1-2-9-20(19)31(25)23(33)10-11-30-24(34)21(38-26(30)35)14-18-7-4-12-36-18/h1-9,12-14H,10-11,15H2,(H,28,32)/b21-14-. The van der Waals surface area contributed by atoms with Gasteiger partial charge in [-0.05, 0) is 47.9 Å². The number of hydrogen-bond donors (Lipinski definition) is 1. The second kappa shape index (κ2) is 12.0. The van der Waals surface area contributed by atoms with Crippen LogP contribution in [0, 0.1) is 0 Å². The van der Waals surface area contributed by atoms with E-state index in [2.05, 4.69) is 26.2 Å². The highest BCUT2D eigenvalue weighted by atomic mass is 79.9. The Labute approximate surface area is 244 Å². The number of anilines is 1. The molecule has 2 amide bonds. The molecule has 1 saturated heterocycles. The van der Waals surface area contributed by atoms with Crippen molar-refractivity contribution in [1.29, 1.82) is 0 Å². The number of carbonyl (C=O) groups excluding carboxylic acids is 3. The van der Waals surface area contributed by atoms with Crippen LogP contribution in [0.25, 0.3) is 17.1 Å². The maximum Gasteiger partial charge on any atom is 0.266 e. The van der Waals surface area contributed by atoms with Crippen LogP contribution in [-0.2, 0) is 9.59 Å². The first kappa shape index (κ1) is 26.8. The topological polar surface area (TPSA) is 84.3 Å². The third-order valence-corrected chi connectivity index (χ3v) is 9.09. The van der Waals surface area contributed by atoms with E-state index in [1.807, 2.05) is 66.1 Å². The molecule has 2 aromatic heterocycles. The second-order valence-electron chi connectivity index (χ2n) is 8.06. The molecule has 0 radical (unpaired) electrons. The van der Waals surface area contributed by atoms with Gasteiger partial charge in [0, 0.05) is 28.0 Å². The molecule has 192 valence electrons. The summed E-state index contributed by atoms with van der Waals surface area (Å²) in [7, 11) is 0. The van der Waals surface area contributed by atoms with Crippen molar-refractivity contribution in [3.63, 3.8) is 0 Å². The van der Waals surface area contributed by atoms with Gasteiger partial charge in [-0.3, -0.25) is 23.9 Å². The van der Waals surface area contributed by atoms with Crippen LogP contribution in [-0.4, -0.2) is 48.8 Å². The zero-order valence-corrected chi connectivity index (χ0v) is 24.5. The van der Waals surface area contributed by atoms with E-state index < -0.39 is 0 Å². The van der Waals surface area contributed by atoms with Gasteiger partial charge in [-0.1, -0.05) is 75.9 Å². The number of amides is 2. The number of para-hydroxylation sites is 2. The van der Waals surface area contributed by atoms with Gasteiger partial charge in [0.1, 0.15) is 4.32 Å². The number of fused-ring (bicyclic) bond motifs is 1. The zero-order valence-electron chi connectivity index (χ0n) is 19.6. The molecule has 5 rings (SSSR count). The first-order valence-corrected chi connectivity index (χ1v) is 15.2. The molecule has 1 fully saturated rings. The van der Waals surface area contributed by atoms with Crippen molar-refractivity contribution >= 4 is 108 Å². The fourth-order valence-electron chi connectivity index (χ4n) is 3.75. The molecule has 0 atom stereocenters. The van der Waals surface area contributed by atoms with Crippen molar-refractivity contribution in [2.75, 3.05) is 17.6 Å². The van der Waals surface area contributed by atoms with Gasteiger partial charge in [0.15, 0.2) is 5.16 Å². The summed E-state index contributed by atoms with van der Waals surface area (Å²) in [5.74, 6) is -0.569. The summed E-state index contributed by atoms with van der Waals surface area (Å²) in [6, 6.07) is 18.5. The Kier molecular flexibility index (Phi) is 8.44. The van der Waals surface area contributed by atoms with E-state index in [9.17, 15) is 14.4 Å². The van der Waals surface area contributed by atoms with E-state index in [-0.39, 0.29) is 36.4 Å². The number of aromatic nitrogens is 2. The van der Waals surface area contributed by atoms with Crippen molar-refractivity contribution in [3.8, 4) is 0 Å². The Morgan fingerprint density at radius 2 is 1.97 bits per heavy atom. The van der Waals surface area contributed by atoms with Crippen LogP contribution in [0.5, 0.6) is 0 Å². The van der Waals surface area contributed by atoms with Crippen LogP contribution in [0.3, 0.4) is 0 Å². The number of thiocarbonyl (C=S) groups is 1. The molecule has 4 aromatic rings. The molecular formula is C26H19BrN4O3S4. The Hall–Kier alpha value is -2.77. The van der Waals surface area contributed by atoms with Crippen molar-refractivity contribution in [1.82, 2.24) is 14.5 Å². The molecule has 0 spiro atoms. The monoisotopic (exact) mass is 642 g/mol. The predicted octanol–water partition coefficient (Wildman–Crippen LogP) is 6.52. The van der Waals surface area contributed by atoms with Gasteiger partial charge < -0.3 is 5.32 Å². The number of benzene rings is 2. The zero-order chi connectivity index (χ0) is 26.6. The molecule has 1 N–H and O–H groups in total. The summed E-state index contributed by atoms with van der Waals surface area (Å²) in [6.07, 6.45) is 1.87. The molecule has 0 saturated carbocycles. The molecule has 38 heavy (non-hydrogen) atoms. The van der Waals surface area contributed by atoms with Crippen LogP contribution in [0.2, 0.25) is 0 Å². The molecular weight excluding hydrogens is 624 g/mol. The highest BCUT2D eigenvalue weighted by Crippen LogP contribution is 2.33. The number of halogens is 1. The number of imidazole rings is 1. The normalized spacial score (nSPS) is 14.6. The van der Waals surface area contributed by atoms with Crippen molar-refractivity contribution in [2.24, 2.45) is 0 Å². The molecule has 0 bridgehead atoms. The minimum absolute atomic E-state index is 0.0525. The maximum atomic E-state index is 13.4. The molecule has 0 unspecified atom stereocenters. The van der Waals surface area contributed by atoms with E-state index in [0.29, 0.717) is 31.1 Å². The van der Waals surface area contributed by atoms with Crippen molar-refractivity contribution < 1.29 is 14.4 Å². The first-order chi connectivity index (χ1) is 18.4. The Morgan fingerprint density at radius 1 is 1.13 bits per heavy atom. The van der Waals surface area contributed by atoms with Gasteiger partial charge in [0.25, 0.3) is 5.91 Å².